The summed E-state index contributed by atoms with van der Waals surface area (Å²) in [5, 5.41) is 12.2. The van der Waals surface area contributed by atoms with Crippen LogP contribution in [0.2, 0.25) is 0 Å². The number of rotatable bonds is 7. The summed E-state index contributed by atoms with van der Waals surface area (Å²) in [5.41, 5.74) is 2.53. The van der Waals surface area contributed by atoms with E-state index in [1.807, 2.05) is 30.3 Å². The van der Waals surface area contributed by atoms with Crippen LogP contribution < -0.4 is 10.2 Å². The monoisotopic (exact) mass is 439 g/mol. The minimum Gasteiger partial charge on any atom is -0.480 e. The summed E-state index contributed by atoms with van der Waals surface area (Å²) in [4.78, 5) is 28.7. The zero-order chi connectivity index (χ0) is 23.1. The number of carbonyl (C=O) groups excluding carboxylic acids is 1. The number of piperazine rings is 1. The Hall–Kier alpha value is -3.06. The number of hydrogen-bond donors (Lipinski definition) is 2. The minimum absolute atomic E-state index is 0.189. The van der Waals surface area contributed by atoms with Gasteiger partial charge in [0.05, 0.1) is 0 Å². The van der Waals surface area contributed by atoms with Crippen molar-refractivity contribution in [1.29, 1.82) is 0 Å². The van der Waals surface area contributed by atoms with Gasteiger partial charge in [-0.05, 0) is 38.0 Å². The summed E-state index contributed by atoms with van der Waals surface area (Å²) in [6, 6.07) is 17.2. The van der Waals surface area contributed by atoms with Gasteiger partial charge in [0.2, 0.25) is 0 Å². The molecular weight excluding hydrogens is 406 g/mol. The largest absolute Gasteiger partial charge is 0.480 e. The van der Waals surface area contributed by atoms with Crippen LogP contribution in [0.3, 0.4) is 0 Å². The first-order chi connectivity index (χ1) is 15.2. The Kier molecular flexibility index (Phi) is 7.75. The molecule has 1 fully saturated rings. The SMILES string of the molecule is CC(C)(C)OC(=O)NC(Cc1ccccc1N1CCN(Cc2ccccc2)CC1)C(=O)O. The maximum Gasteiger partial charge on any atom is 0.408 e. The summed E-state index contributed by atoms with van der Waals surface area (Å²) in [7, 11) is 0. The van der Waals surface area contributed by atoms with Crippen LogP contribution in [-0.4, -0.2) is 59.9 Å². The Bertz CT molecular complexity index is 903. The number of benzene rings is 2. The number of nitrogens with zero attached hydrogens (tertiary/aromatic N) is 2. The van der Waals surface area contributed by atoms with E-state index in [0.717, 1.165) is 44.0 Å². The van der Waals surface area contributed by atoms with Crippen LogP contribution in [0.1, 0.15) is 31.9 Å². The smallest absolute Gasteiger partial charge is 0.408 e. The first kappa shape index (κ1) is 23.6. The molecule has 7 nitrogen and oxygen atoms in total. The lowest BCUT2D eigenvalue weighted by Gasteiger charge is -2.37. The molecule has 1 atom stereocenters. The molecule has 2 N–H and O–H groups in total. The van der Waals surface area contributed by atoms with Crippen LogP contribution in [0, 0.1) is 0 Å². The molecule has 1 aliphatic rings. The molecule has 0 aromatic heterocycles. The molecule has 0 bridgehead atoms. The van der Waals surface area contributed by atoms with E-state index in [4.69, 9.17) is 4.74 Å². The van der Waals surface area contributed by atoms with E-state index in [2.05, 4.69) is 39.4 Å². The lowest BCUT2D eigenvalue weighted by molar-refractivity contribution is -0.139. The number of ether oxygens (including phenoxy) is 1. The van der Waals surface area contributed by atoms with Crippen molar-refractivity contribution in [2.45, 2.75) is 45.4 Å². The van der Waals surface area contributed by atoms with Crippen molar-refractivity contribution in [3.05, 3.63) is 65.7 Å². The molecule has 172 valence electrons. The quantitative estimate of drug-likeness (QED) is 0.687. The van der Waals surface area contributed by atoms with Gasteiger partial charge in [-0.3, -0.25) is 4.90 Å². The fraction of sp³-hybridized carbons (Fsp3) is 0.440. The van der Waals surface area contributed by atoms with Gasteiger partial charge in [0.15, 0.2) is 0 Å². The van der Waals surface area contributed by atoms with Crippen LogP contribution >= 0.6 is 0 Å². The van der Waals surface area contributed by atoms with Gasteiger partial charge in [0.1, 0.15) is 11.6 Å². The van der Waals surface area contributed by atoms with Crippen LogP contribution in [0.5, 0.6) is 0 Å². The third-order valence-corrected chi connectivity index (χ3v) is 5.37. The summed E-state index contributed by atoms with van der Waals surface area (Å²) in [6.07, 6.45) is -0.536. The highest BCUT2D eigenvalue weighted by atomic mass is 16.6. The Morgan fingerprint density at radius 3 is 2.25 bits per heavy atom. The van der Waals surface area contributed by atoms with Crippen molar-refractivity contribution >= 4 is 17.7 Å². The van der Waals surface area contributed by atoms with E-state index in [1.165, 1.54) is 5.56 Å². The van der Waals surface area contributed by atoms with Gasteiger partial charge in [-0.15, -0.1) is 0 Å². The van der Waals surface area contributed by atoms with Crippen molar-refractivity contribution in [3.63, 3.8) is 0 Å². The van der Waals surface area contributed by atoms with Crippen LogP contribution in [0.15, 0.2) is 54.6 Å². The Morgan fingerprint density at radius 1 is 1.00 bits per heavy atom. The number of amides is 1. The standard InChI is InChI=1S/C25H33N3O4/c1-25(2,3)32-24(31)26-21(23(29)30)17-20-11-7-8-12-22(20)28-15-13-27(14-16-28)18-19-9-5-4-6-10-19/h4-12,21H,13-18H2,1-3H3,(H,26,31)(H,29,30). The van der Waals surface area contributed by atoms with Crippen molar-refractivity contribution < 1.29 is 19.4 Å². The second-order valence-electron chi connectivity index (χ2n) is 9.12. The topological polar surface area (TPSA) is 82.1 Å². The van der Waals surface area contributed by atoms with Crippen molar-refractivity contribution in [2.24, 2.45) is 0 Å². The molecule has 0 aliphatic carbocycles. The number of anilines is 1. The molecule has 7 heteroatoms. The average Bonchev–Trinajstić information content (AvgIpc) is 2.74. The first-order valence-corrected chi connectivity index (χ1v) is 11.0. The highest BCUT2D eigenvalue weighted by molar-refractivity contribution is 5.80. The van der Waals surface area contributed by atoms with E-state index in [0.29, 0.717) is 0 Å². The van der Waals surface area contributed by atoms with Crippen LogP contribution in [0.25, 0.3) is 0 Å². The average molecular weight is 440 g/mol. The molecule has 32 heavy (non-hydrogen) atoms. The number of nitrogens with one attached hydrogen (secondary N) is 1. The maximum atomic E-state index is 12.1. The van der Waals surface area contributed by atoms with E-state index in [9.17, 15) is 14.7 Å². The van der Waals surface area contributed by atoms with E-state index in [-0.39, 0.29) is 6.42 Å². The lowest BCUT2D eigenvalue weighted by Crippen LogP contribution is -2.47. The van der Waals surface area contributed by atoms with E-state index < -0.39 is 23.7 Å². The Balaban J connectivity index is 1.63. The second kappa shape index (κ2) is 10.5. The predicted octanol–water partition coefficient (Wildman–Crippen LogP) is 3.53. The number of carboxylic acids is 1. The van der Waals surface area contributed by atoms with Gasteiger partial charge in [-0.25, -0.2) is 9.59 Å². The normalized spacial score (nSPS) is 15.8. The number of aliphatic carboxylic acids is 1. The predicted molar refractivity (Wildman–Crippen MR) is 125 cm³/mol. The fourth-order valence-electron chi connectivity index (χ4n) is 3.85. The van der Waals surface area contributed by atoms with Crippen LogP contribution in [0.4, 0.5) is 10.5 Å². The molecule has 0 saturated carbocycles. The molecule has 1 aliphatic heterocycles. The maximum absolute atomic E-state index is 12.1. The Labute approximate surface area is 190 Å². The summed E-state index contributed by atoms with van der Waals surface area (Å²) < 4.78 is 5.23. The van der Waals surface area contributed by atoms with E-state index >= 15 is 0 Å². The second-order valence-corrected chi connectivity index (χ2v) is 9.12. The molecule has 1 saturated heterocycles. The fourth-order valence-corrected chi connectivity index (χ4v) is 3.85. The molecule has 1 amide bonds. The van der Waals surface area contributed by atoms with Gasteiger partial charge >= 0.3 is 12.1 Å². The highest BCUT2D eigenvalue weighted by Crippen LogP contribution is 2.24. The molecular formula is C25H33N3O4. The highest BCUT2D eigenvalue weighted by Gasteiger charge is 2.26. The van der Waals surface area contributed by atoms with Crippen LogP contribution in [-0.2, 0) is 22.5 Å². The zero-order valence-electron chi connectivity index (χ0n) is 19.1. The van der Waals surface area contributed by atoms with E-state index in [1.54, 1.807) is 20.8 Å². The molecule has 2 aromatic rings. The number of alkyl carbamates (subject to hydrolysis) is 1. The number of carboxylic acid groups (broad SMARTS) is 1. The van der Waals surface area contributed by atoms with Crippen molar-refractivity contribution in [1.82, 2.24) is 10.2 Å². The van der Waals surface area contributed by atoms with Gasteiger partial charge in [0, 0.05) is 44.8 Å². The number of hydrogen-bond acceptors (Lipinski definition) is 5. The third kappa shape index (κ3) is 6.99. The summed E-state index contributed by atoms with van der Waals surface area (Å²) in [5.74, 6) is -1.08. The summed E-state index contributed by atoms with van der Waals surface area (Å²) >= 11 is 0. The first-order valence-electron chi connectivity index (χ1n) is 11.0. The molecule has 1 unspecified atom stereocenters. The molecule has 0 spiro atoms. The van der Waals surface area contributed by atoms with Gasteiger partial charge in [-0.1, -0.05) is 48.5 Å². The van der Waals surface area contributed by atoms with Crippen molar-refractivity contribution in [2.75, 3.05) is 31.1 Å². The molecule has 1 heterocycles. The van der Waals surface area contributed by atoms with Gasteiger partial charge < -0.3 is 20.1 Å². The number of carbonyl (C=O) groups is 2. The molecule has 3 rings (SSSR count). The van der Waals surface area contributed by atoms with Gasteiger partial charge in [0.25, 0.3) is 0 Å². The van der Waals surface area contributed by atoms with Gasteiger partial charge in [-0.2, -0.15) is 0 Å². The molecule has 2 aromatic carbocycles. The minimum atomic E-state index is -1.08. The zero-order valence-corrected chi connectivity index (χ0v) is 19.1. The summed E-state index contributed by atoms with van der Waals surface area (Å²) in [6.45, 7) is 9.75. The van der Waals surface area contributed by atoms with Crippen molar-refractivity contribution in [3.8, 4) is 0 Å². The number of para-hydroxylation sites is 1. The lowest BCUT2D eigenvalue weighted by atomic mass is 10.0. The Morgan fingerprint density at radius 2 is 1.62 bits per heavy atom. The third-order valence-electron chi connectivity index (χ3n) is 5.37. The molecule has 0 radical (unpaired) electrons.